The van der Waals surface area contributed by atoms with Crippen LogP contribution in [0.2, 0.25) is 0 Å². The maximum Gasteiger partial charge on any atom is 0.412 e. The SMILES string of the molecule is CNC(=O)Oc1ccc(Oc2ccc(S(=O)(=O)CC3CO3)cc2)cc1. The Labute approximate surface area is 145 Å². The number of hydrogen-bond acceptors (Lipinski definition) is 6. The molecule has 1 N–H and O–H groups in total. The largest absolute Gasteiger partial charge is 0.457 e. The molecule has 3 rings (SSSR count). The van der Waals surface area contributed by atoms with Crippen molar-refractivity contribution >= 4 is 15.9 Å². The smallest absolute Gasteiger partial charge is 0.412 e. The summed E-state index contributed by atoms with van der Waals surface area (Å²) >= 11 is 0. The summed E-state index contributed by atoms with van der Waals surface area (Å²) in [7, 11) is -1.87. The number of benzene rings is 2. The zero-order valence-corrected chi connectivity index (χ0v) is 14.3. The molecule has 1 aliphatic rings. The predicted octanol–water partition coefficient (Wildman–Crippen LogP) is 2.37. The highest BCUT2D eigenvalue weighted by Crippen LogP contribution is 2.26. The highest BCUT2D eigenvalue weighted by molar-refractivity contribution is 7.91. The van der Waals surface area contributed by atoms with Crippen LogP contribution < -0.4 is 14.8 Å². The van der Waals surface area contributed by atoms with Crippen molar-refractivity contribution in [2.24, 2.45) is 0 Å². The van der Waals surface area contributed by atoms with Gasteiger partial charge in [-0.05, 0) is 48.5 Å². The van der Waals surface area contributed by atoms with E-state index in [0.29, 0.717) is 23.9 Å². The molecule has 8 heteroatoms. The Morgan fingerprint density at radius 3 is 2.12 bits per heavy atom. The molecule has 1 unspecified atom stereocenters. The van der Waals surface area contributed by atoms with Gasteiger partial charge in [0.1, 0.15) is 17.2 Å². The van der Waals surface area contributed by atoms with Crippen LogP contribution in [-0.2, 0) is 14.6 Å². The van der Waals surface area contributed by atoms with Gasteiger partial charge in [-0.25, -0.2) is 13.2 Å². The maximum absolute atomic E-state index is 12.1. The molecule has 1 fully saturated rings. The number of nitrogens with one attached hydrogen (secondary N) is 1. The highest BCUT2D eigenvalue weighted by Gasteiger charge is 2.30. The zero-order valence-electron chi connectivity index (χ0n) is 13.5. The van der Waals surface area contributed by atoms with E-state index in [2.05, 4.69) is 5.32 Å². The second-order valence-corrected chi connectivity index (χ2v) is 7.46. The number of rotatable bonds is 6. The number of hydrogen-bond donors (Lipinski definition) is 1. The summed E-state index contributed by atoms with van der Waals surface area (Å²) < 4.78 is 39.9. The average Bonchev–Trinajstić information content (AvgIpc) is 3.40. The lowest BCUT2D eigenvalue weighted by atomic mass is 10.3. The molecule has 0 aromatic heterocycles. The van der Waals surface area contributed by atoms with Gasteiger partial charge in [-0.1, -0.05) is 0 Å². The van der Waals surface area contributed by atoms with E-state index in [4.69, 9.17) is 14.2 Å². The second kappa shape index (κ2) is 7.12. The minimum absolute atomic E-state index is 0.00000326. The lowest BCUT2D eigenvalue weighted by molar-refractivity contribution is 0.203. The molecule has 1 aliphatic heterocycles. The van der Waals surface area contributed by atoms with E-state index in [-0.39, 0.29) is 16.8 Å². The molecule has 2 aromatic carbocycles. The highest BCUT2D eigenvalue weighted by atomic mass is 32.2. The van der Waals surface area contributed by atoms with Crippen LogP contribution in [0.25, 0.3) is 0 Å². The monoisotopic (exact) mass is 363 g/mol. The Morgan fingerprint density at radius 1 is 1.08 bits per heavy atom. The van der Waals surface area contributed by atoms with E-state index in [9.17, 15) is 13.2 Å². The zero-order chi connectivity index (χ0) is 17.9. The van der Waals surface area contributed by atoms with Crippen LogP contribution in [0.15, 0.2) is 53.4 Å². The molecule has 132 valence electrons. The molecule has 0 bridgehead atoms. The summed E-state index contributed by atoms with van der Waals surface area (Å²) in [5.74, 6) is 1.42. The Balaban J connectivity index is 1.64. The van der Waals surface area contributed by atoms with E-state index in [1.165, 1.54) is 19.2 Å². The van der Waals surface area contributed by atoms with Gasteiger partial charge >= 0.3 is 6.09 Å². The standard InChI is InChI=1S/C17H17NO6S/c1-18-17(19)24-14-4-2-12(3-5-14)23-13-6-8-16(9-7-13)25(20,21)11-15-10-22-15/h2-9,15H,10-11H2,1H3,(H,18,19). The number of amides is 1. The van der Waals surface area contributed by atoms with E-state index in [1.54, 1.807) is 36.4 Å². The van der Waals surface area contributed by atoms with Crippen LogP contribution >= 0.6 is 0 Å². The van der Waals surface area contributed by atoms with Crippen LogP contribution in [0, 0.1) is 0 Å². The summed E-state index contributed by atoms with van der Waals surface area (Å²) in [6.07, 6.45) is -0.737. The van der Waals surface area contributed by atoms with Gasteiger partial charge in [0.15, 0.2) is 9.84 Å². The minimum atomic E-state index is -3.34. The molecule has 1 atom stereocenters. The third-order valence-corrected chi connectivity index (χ3v) is 5.27. The fraction of sp³-hybridized carbons (Fsp3) is 0.235. The summed E-state index contributed by atoms with van der Waals surface area (Å²) in [6, 6.07) is 12.7. The van der Waals surface area contributed by atoms with E-state index in [1.807, 2.05) is 0 Å². The first kappa shape index (κ1) is 17.2. The van der Waals surface area contributed by atoms with Crippen LogP contribution in [0.4, 0.5) is 4.79 Å². The molecule has 0 saturated carbocycles. The summed E-state index contributed by atoms with van der Waals surface area (Å²) in [6.45, 7) is 0.500. The van der Waals surface area contributed by atoms with E-state index >= 15 is 0 Å². The third-order valence-electron chi connectivity index (χ3n) is 3.46. The molecule has 7 nitrogen and oxygen atoms in total. The van der Waals surface area contributed by atoms with Crippen LogP contribution in [0.1, 0.15) is 0 Å². The molecule has 0 radical (unpaired) electrons. The Bertz CT molecular complexity index is 842. The van der Waals surface area contributed by atoms with Crippen molar-refractivity contribution in [2.75, 3.05) is 19.4 Å². The quantitative estimate of drug-likeness (QED) is 0.792. The van der Waals surface area contributed by atoms with Gasteiger partial charge in [-0.15, -0.1) is 0 Å². The van der Waals surface area contributed by atoms with Gasteiger partial charge in [0.2, 0.25) is 0 Å². The molecule has 2 aromatic rings. The topological polar surface area (TPSA) is 94.2 Å². The molecule has 1 amide bonds. The summed E-state index contributed by atoms with van der Waals surface area (Å²) in [5, 5.41) is 2.35. The normalized spacial score (nSPS) is 16.1. The van der Waals surface area contributed by atoms with Gasteiger partial charge in [-0.2, -0.15) is 0 Å². The van der Waals surface area contributed by atoms with Crippen molar-refractivity contribution in [3.63, 3.8) is 0 Å². The third kappa shape index (κ3) is 4.71. The number of epoxide rings is 1. The molecule has 25 heavy (non-hydrogen) atoms. The van der Waals surface area contributed by atoms with E-state index < -0.39 is 15.9 Å². The number of carbonyl (C=O) groups is 1. The second-order valence-electron chi connectivity index (χ2n) is 5.42. The van der Waals surface area contributed by atoms with E-state index in [0.717, 1.165) is 0 Å². The molecule has 1 saturated heterocycles. The fourth-order valence-corrected chi connectivity index (χ4v) is 3.52. The van der Waals surface area contributed by atoms with Crippen LogP contribution in [0.5, 0.6) is 17.2 Å². The lowest BCUT2D eigenvalue weighted by Crippen LogP contribution is -2.21. The molecule has 1 heterocycles. The van der Waals surface area contributed by atoms with Gasteiger partial charge in [0.05, 0.1) is 23.4 Å². The van der Waals surface area contributed by atoms with Gasteiger partial charge in [0, 0.05) is 7.05 Å². The van der Waals surface area contributed by atoms with Crippen LogP contribution in [0.3, 0.4) is 0 Å². The Kier molecular flexibility index (Phi) is 4.91. The molecule has 0 spiro atoms. The van der Waals surface area contributed by atoms with Crippen molar-refractivity contribution < 1.29 is 27.4 Å². The van der Waals surface area contributed by atoms with Crippen LogP contribution in [-0.4, -0.2) is 40.0 Å². The van der Waals surface area contributed by atoms with Gasteiger partial charge in [0.25, 0.3) is 0 Å². The molecular formula is C17H17NO6S. The van der Waals surface area contributed by atoms with Crippen molar-refractivity contribution in [1.82, 2.24) is 5.32 Å². The van der Waals surface area contributed by atoms with Crippen molar-refractivity contribution in [3.8, 4) is 17.2 Å². The maximum atomic E-state index is 12.1. The van der Waals surface area contributed by atoms with Crippen molar-refractivity contribution in [3.05, 3.63) is 48.5 Å². The first-order chi connectivity index (χ1) is 12.0. The number of ether oxygens (including phenoxy) is 3. The number of sulfone groups is 1. The lowest BCUT2D eigenvalue weighted by Gasteiger charge is -2.08. The Hall–Kier alpha value is -2.58. The van der Waals surface area contributed by atoms with Gasteiger partial charge in [-0.3, -0.25) is 0 Å². The summed E-state index contributed by atoms with van der Waals surface area (Å²) in [4.78, 5) is 11.4. The minimum Gasteiger partial charge on any atom is -0.457 e. The number of carbonyl (C=O) groups excluding carboxylic acids is 1. The average molecular weight is 363 g/mol. The Morgan fingerprint density at radius 2 is 1.60 bits per heavy atom. The van der Waals surface area contributed by atoms with Crippen molar-refractivity contribution in [1.29, 1.82) is 0 Å². The fourth-order valence-electron chi connectivity index (χ4n) is 2.09. The van der Waals surface area contributed by atoms with Gasteiger partial charge < -0.3 is 19.5 Å². The first-order valence-electron chi connectivity index (χ1n) is 7.58. The van der Waals surface area contributed by atoms with Crippen molar-refractivity contribution in [2.45, 2.75) is 11.0 Å². The first-order valence-corrected chi connectivity index (χ1v) is 9.23. The predicted molar refractivity (Wildman–Crippen MR) is 89.8 cm³/mol. The molecule has 0 aliphatic carbocycles. The summed E-state index contributed by atoms with van der Waals surface area (Å²) in [5.41, 5.74) is 0. The molecular weight excluding hydrogens is 346 g/mol.